The molecule has 0 spiro atoms. The van der Waals surface area contributed by atoms with Gasteiger partial charge in [0, 0.05) is 0 Å². The normalized spacial score (nSPS) is 30.1. The van der Waals surface area contributed by atoms with Gasteiger partial charge in [-0.05, 0) is 0 Å². The highest BCUT2D eigenvalue weighted by atomic mass is 35.5. The number of halogens is 3. The van der Waals surface area contributed by atoms with Crippen molar-refractivity contribution in [3.63, 3.8) is 0 Å². The number of aliphatic hydroxyl groups is 1. The highest BCUT2D eigenvalue weighted by Crippen LogP contribution is 2.66. The number of rotatable bonds is 9. The molecule has 32 heavy (non-hydrogen) atoms. The summed E-state index contributed by atoms with van der Waals surface area (Å²) in [6.45, 7) is -1.21. The monoisotopic (exact) mass is 568 g/mol. The third-order valence-corrected chi connectivity index (χ3v) is 8.47. The molecule has 1 aromatic rings. The maximum absolute atomic E-state index is 13.6. The Hall–Kier alpha value is -0.480. The SMILES string of the molecule is O=c1[nH]c(=O)n([C@@H]2O[C@](CCl)(COP(=O)(O)OP(=O)(O)OP(=O)(O)O)[C@@H](O)[C@H]2Cl)cc1F. The number of hydrogen-bond acceptors (Lipinski definition) is 10. The molecular formula is C10H14Cl2FN2O14P3. The van der Waals surface area contributed by atoms with E-state index in [1.54, 1.807) is 4.98 Å². The van der Waals surface area contributed by atoms with Crippen molar-refractivity contribution in [1.82, 2.24) is 9.55 Å². The van der Waals surface area contributed by atoms with Crippen LogP contribution in [0.2, 0.25) is 0 Å². The van der Waals surface area contributed by atoms with Gasteiger partial charge in [0.25, 0.3) is 5.56 Å². The molecule has 22 heteroatoms. The smallest absolute Gasteiger partial charge is 0.388 e. The van der Waals surface area contributed by atoms with Gasteiger partial charge in [0.1, 0.15) is 17.1 Å². The van der Waals surface area contributed by atoms with E-state index >= 15 is 0 Å². The Balaban J connectivity index is 2.25. The quantitative estimate of drug-likeness (QED) is 0.162. The standard InChI is InChI=1S/C10H14Cl2FN2O14P3/c11-2-10(3-26-31(22,23)29-32(24,25)28-30(19,20)21)6(16)5(12)8(27-10)15-1-4(13)7(17)14-9(15)18/h1,5-6,8,16H,2-3H2,(H,22,23)(H,24,25)(H,14,17,18)(H2,19,20,21)/t5-,6+,8-,10-/m1/s1. The minimum absolute atomic E-state index is 0.417. The van der Waals surface area contributed by atoms with Crippen LogP contribution in [0.4, 0.5) is 4.39 Å². The van der Waals surface area contributed by atoms with Crippen LogP contribution in [0.1, 0.15) is 6.23 Å². The summed E-state index contributed by atoms with van der Waals surface area (Å²) in [4.78, 5) is 60.4. The van der Waals surface area contributed by atoms with Gasteiger partial charge in [-0.3, -0.25) is 18.9 Å². The maximum atomic E-state index is 13.6. The van der Waals surface area contributed by atoms with Crippen LogP contribution < -0.4 is 11.2 Å². The first kappa shape index (κ1) is 27.8. The largest absolute Gasteiger partial charge is 0.490 e. The average molecular weight is 569 g/mol. The second kappa shape index (κ2) is 9.64. The van der Waals surface area contributed by atoms with E-state index in [9.17, 15) is 37.7 Å². The lowest BCUT2D eigenvalue weighted by Crippen LogP contribution is -2.47. The number of hydrogen-bond donors (Lipinski definition) is 6. The summed E-state index contributed by atoms with van der Waals surface area (Å²) in [6.07, 6.45) is -3.14. The molecule has 1 aromatic heterocycles. The lowest BCUT2D eigenvalue weighted by atomic mass is 10.00. The van der Waals surface area contributed by atoms with Gasteiger partial charge in [0.2, 0.25) is 5.82 Å². The van der Waals surface area contributed by atoms with Crippen molar-refractivity contribution in [3.05, 3.63) is 32.9 Å². The molecule has 2 heterocycles. The first-order chi connectivity index (χ1) is 14.4. The van der Waals surface area contributed by atoms with Crippen LogP contribution in [0.15, 0.2) is 15.8 Å². The lowest BCUT2D eigenvalue weighted by molar-refractivity contribution is -0.112. The summed E-state index contributed by atoms with van der Waals surface area (Å²) >= 11 is 11.7. The molecule has 1 saturated heterocycles. The molecule has 0 aromatic carbocycles. The van der Waals surface area contributed by atoms with Gasteiger partial charge in [-0.1, -0.05) is 0 Å². The number of alkyl halides is 2. The van der Waals surface area contributed by atoms with Gasteiger partial charge >= 0.3 is 29.2 Å². The van der Waals surface area contributed by atoms with Crippen molar-refractivity contribution in [3.8, 4) is 0 Å². The van der Waals surface area contributed by atoms with E-state index in [-0.39, 0.29) is 0 Å². The van der Waals surface area contributed by atoms with Crippen LogP contribution in [0, 0.1) is 5.82 Å². The molecule has 2 rings (SSSR count). The van der Waals surface area contributed by atoms with Crippen LogP contribution >= 0.6 is 46.7 Å². The van der Waals surface area contributed by atoms with E-state index in [1.165, 1.54) is 0 Å². The van der Waals surface area contributed by atoms with E-state index in [0.717, 1.165) is 0 Å². The van der Waals surface area contributed by atoms with Gasteiger partial charge in [-0.25, -0.2) is 18.5 Å². The number of aromatic nitrogens is 2. The van der Waals surface area contributed by atoms with E-state index < -0.39 is 76.3 Å². The molecule has 1 aliphatic rings. The number of phosphoric acid groups is 3. The molecule has 16 nitrogen and oxygen atoms in total. The highest BCUT2D eigenvalue weighted by Gasteiger charge is 2.56. The summed E-state index contributed by atoms with van der Waals surface area (Å²) in [5.74, 6) is -2.16. The predicted octanol–water partition coefficient (Wildman–Crippen LogP) is -0.506. The molecule has 0 aliphatic carbocycles. The minimum Gasteiger partial charge on any atom is -0.388 e. The minimum atomic E-state index is -5.82. The highest BCUT2D eigenvalue weighted by molar-refractivity contribution is 7.66. The van der Waals surface area contributed by atoms with Gasteiger partial charge in [0.15, 0.2) is 6.23 Å². The fourth-order valence-corrected chi connectivity index (χ4v) is 6.22. The van der Waals surface area contributed by atoms with Gasteiger partial charge < -0.3 is 29.4 Å². The van der Waals surface area contributed by atoms with Crippen molar-refractivity contribution in [2.75, 3.05) is 12.5 Å². The molecular weight excluding hydrogens is 555 g/mol. The maximum Gasteiger partial charge on any atom is 0.490 e. The summed E-state index contributed by atoms with van der Waals surface area (Å²) in [6, 6.07) is 0. The summed E-state index contributed by atoms with van der Waals surface area (Å²) in [7, 11) is -17.1. The number of H-pyrrole nitrogens is 1. The Morgan fingerprint density at radius 1 is 1.19 bits per heavy atom. The zero-order chi connectivity index (χ0) is 24.7. The Morgan fingerprint density at radius 2 is 1.78 bits per heavy atom. The first-order valence-electron chi connectivity index (χ1n) is 7.77. The third kappa shape index (κ3) is 6.56. The van der Waals surface area contributed by atoms with E-state index in [1.807, 2.05) is 0 Å². The van der Waals surface area contributed by atoms with Crippen LogP contribution in [0.3, 0.4) is 0 Å². The van der Waals surface area contributed by atoms with Crippen molar-refractivity contribution in [1.29, 1.82) is 0 Å². The fourth-order valence-electron chi connectivity index (χ4n) is 2.44. The third-order valence-electron chi connectivity index (χ3n) is 3.78. The molecule has 1 aliphatic heterocycles. The Kier molecular flexibility index (Phi) is 8.37. The number of nitrogens with one attached hydrogen (secondary N) is 1. The van der Waals surface area contributed by atoms with Crippen LogP contribution in [-0.4, -0.2) is 63.8 Å². The molecule has 0 radical (unpaired) electrons. The molecule has 184 valence electrons. The molecule has 6 atom stereocenters. The van der Waals surface area contributed by atoms with Crippen molar-refractivity contribution in [2.24, 2.45) is 0 Å². The lowest BCUT2D eigenvalue weighted by Gasteiger charge is -2.30. The zero-order valence-electron chi connectivity index (χ0n) is 15.1. The fraction of sp³-hybridized carbons (Fsp3) is 0.600. The van der Waals surface area contributed by atoms with Crippen molar-refractivity contribution >= 4 is 46.7 Å². The molecule has 6 N–H and O–H groups in total. The van der Waals surface area contributed by atoms with Gasteiger partial charge in [-0.2, -0.15) is 13.0 Å². The summed E-state index contributed by atoms with van der Waals surface area (Å²) in [5.41, 5.74) is -4.75. The second-order valence-corrected chi connectivity index (χ2v) is 11.3. The number of ether oxygens (including phenoxy) is 1. The Morgan fingerprint density at radius 3 is 2.31 bits per heavy atom. The van der Waals surface area contributed by atoms with Crippen LogP contribution in [-0.2, 0) is 31.6 Å². The number of phosphoric ester groups is 1. The predicted molar refractivity (Wildman–Crippen MR) is 100 cm³/mol. The van der Waals surface area contributed by atoms with E-state index in [0.29, 0.717) is 10.8 Å². The topological polar surface area (TPSA) is 244 Å². The van der Waals surface area contributed by atoms with Crippen LogP contribution in [0.25, 0.3) is 0 Å². The molecule has 0 amide bonds. The second-order valence-electron chi connectivity index (χ2n) is 6.10. The van der Waals surface area contributed by atoms with Gasteiger partial charge in [0.05, 0.1) is 18.7 Å². The average Bonchev–Trinajstić information content (AvgIpc) is 2.85. The number of aromatic amines is 1. The number of nitrogens with zero attached hydrogens (tertiary/aromatic N) is 1. The van der Waals surface area contributed by atoms with E-state index in [2.05, 4.69) is 13.1 Å². The summed E-state index contributed by atoms with van der Waals surface area (Å²) in [5, 5.41) is 8.82. The Bertz CT molecular complexity index is 1120. The van der Waals surface area contributed by atoms with E-state index in [4.69, 9.17) is 42.6 Å². The van der Waals surface area contributed by atoms with Crippen molar-refractivity contribution < 1.29 is 60.6 Å². The van der Waals surface area contributed by atoms with Crippen LogP contribution in [0.5, 0.6) is 0 Å². The Labute approximate surface area is 185 Å². The van der Waals surface area contributed by atoms with Gasteiger partial charge in [-0.15, -0.1) is 23.2 Å². The zero-order valence-corrected chi connectivity index (χ0v) is 19.3. The molecule has 0 saturated carbocycles. The molecule has 1 fully saturated rings. The number of aliphatic hydroxyl groups excluding tert-OH is 1. The van der Waals surface area contributed by atoms with Crippen molar-refractivity contribution in [2.45, 2.75) is 23.3 Å². The molecule has 0 bridgehead atoms. The summed E-state index contributed by atoms with van der Waals surface area (Å²) < 4.78 is 64.7. The molecule has 2 unspecified atom stereocenters. The first-order valence-corrected chi connectivity index (χ1v) is 13.3.